The smallest absolute Gasteiger partial charge is 0.164 e. The van der Waals surface area contributed by atoms with Gasteiger partial charge in [-0.05, 0) is 61.7 Å². The quantitative estimate of drug-likeness (QED) is 0.159. The van der Waals surface area contributed by atoms with Crippen molar-refractivity contribution in [3.05, 3.63) is 212 Å². The second-order valence-corrected chi connectivity index (χ2v) is 13.2. The predicted molar refractivity (Wildman–Crippen MR) is 223 cm³/mol. The summed E-state index contributed by atoms with van der Waals surface area (Å²) in [5, 5.41) is 0. The third-order valence-corrected chi connectivity index (χ3v) is 9.80. The molecular formula is C51H35N3. The van der Waals surface area contributed by atoms with Crippen LogP contribution in [0, 0.1) is 0 Å². The van der Waals surface area contributed by atoms with Crippen molar-refractivity contribution in [3.8, 4) is 89.8 Å². The summed E-state index contributed by atoms with van der Waals surface area (Å²) in [6, 6.07) is 74.0. The zero-order valence-corrected chi connectivity index (χ0v) is 29.5. The molecule has 0 aliphatic rings. The molecule has 0 bridgehead atoms. The van der Waals surface area contributed by atoms with Crippen molar-refractivity contribution in [2.75, 3.05) is 0 Å². The van der Waals surface area contributed by atoms with E-state index in [2.05, 4.69) is 194 Å². The zero-order valence-electron chi connectivity index (χ0n) is 29.5. The molecule has 0 atom stereocenters. The topological polar surface area (TPSA) is 38.7 Å². The van der Waals surface area contributed by atoms with Gasteiger partial charge in [0, 0.05) is 16.7 Å². The first-order chi connectivity index (χ1) is 26.8. The summed E-state index contributed by atoms with van der Waals surface area (Å²) in [4.78, 5) is 15.6. The summed E-state index contributed by atoms with van der Waals surface area (Å²) in [7, 11) is 0. The van der Waals surface area contributed by atoms with E-state index in [0.29, 0.717) is 17.5 Å². The van der Waals surface area contributed by atoms with Gasteiger partial charge in [0.2, 0.25) is 0 Å². The highest BCUT2D eigenvalue weighted by molar-refractivity contribution is 5.87. The molecule has 9 rings (SSSR count). The van der Waals surface area contributed by atoms with Gasteiger partial charge in [0.25, 0.3) is 0 Å². The van der Waals surface area contributed by atoms with E-state index in [1.807, 2.05) is 18.2 Å². The average Bonchev–Trinajstić information content (AvgIpc) is 3.27. The van der Waals surface area contributed by atoms with Gasteiger partial charge in [0.15, 0.2) is 17.5 Å². The van der Waals surface area contributed by atoms with E-state index in [4.69, 9.17) is 15.0 Å². The number of hydrogen-bond acceptors (Lipinski definition) is 3. The summed E-state index contributed by atoms with van der Waals surface area (Å²) in [5.74, 6) is 1.86. The molecule has 0 radical (unpaired) electrons. The fourth-order valence-corrected chi connectivity index (χ4v) is 7.01. The summed E-state index contributed by atoms with van der Waals surface area (Å²) in [5.41, 5.74) is 14.2. The molecule has 9 aromatic rings. The fraction of sp³-hybridized carbons (Fsp3) is 0. The lowest BCUT2D eigenvalue weighted by atomic mass is 9.94. The number of benzene rings is 8. The molecule has 0 amide bonds. The monoisotopic (exact) mass is 689 g/mol. The second kappa shape index (κ2) is 14.8. The van der Waals surface area contributed by atoms with Gasteiger partial charge >= 0.3 is 0 Å². The molecule has 0 saturated heterocycles. The van der Waals surface area contributed by atoms with Gasteiger partial charge in [-0.3, -0.25) is 0 Å². The maximum atomic E-state index is 5.23. The Morgan fingerprint density at radius 2 is 0.481 bits per heavy atom. The van der Waals surface area contributed by atoms with Gasteiger partial charge < -0.3 is 0 Å². The van der Waals surface area contributed by atoms with E-state index in [1.165, 1.54) is 22.3 Å². The van der Waals surface area contributed by atoms with Crippen molar-refractivity contribution < 1.29 is 0 Å². The number of nitrogens with zero attached hydrogens (tertiary/aromatic N) is 3. The maximum Gasteiger partial charge on any atom is 0.164 e. The standard InChI is InChI=1S/C51H35N3/c1-5-15-36(16-6-1)38-25-29-42(30-26-38)49-52-50(43-31-27-41(28-32-43)46-24-14-13-23-45(46)39-19-9-3-10-20-39)54-51(53-49)48-35-44(37-17-7-2-8-18-37)33-34-47(48)40-21-11-4-12-22-40/h1-35H. The van der Waals surface area contributed by atoms with Crippen LogP contribution in [0.3, 0.4) is 0 Å². The van der Waals surface area contributed by atoms with Crippen LogP contribution in [0.15, 0.2) is 212 Å². The normalized spacial score (nSPS) is 11.0. The molecule has 3 nitrogen and oxygen atoms in total. The lowest BCUT2D eigenvalue weighted by molar-refractivity contribution is 1.07. The van der Waals surface area contributed by atoms with E-state index in [-0.39, 0.29) is 0 Å². The summed E-state index contributed by atoms with van der Waals surface area (Å²) in [6.07, 6.45) is 0. The van der Waals surface area contributed by atoms with Crippen LogP contribution in [0.25, 0.3) is 89.8 Å². The van der Waals surface area contributed by atoms with Crippen molar-refractivity contribution in [1.29, 1.82) is 0 Å². The van der Waals surface area contributed by atoms with Gasteiger partial charge in [-0.25, -0.2) is 15.0 Å². The Hall–Kier alpha value is -7.23. The molecular weight excluding hydrogens is 655 g/mol. The van der Waals surface area contributed by atoms with Gasteiger partial charge in [0.1, 0.15) is 0 Å². The molecule has 0 saturated carbocycles. The van der Waals surface area contributed by atoms with E-state index >= 15 is 0 Å². The highest BCUT2D eigenvalue weighted by Crippen LogP contribution is 2.37. The third kappa shape index (κ3) is 6.74. The van der Waals surface area contributed by atoms with Crippen LogP contribution in [0.1, 0.15) is 0 Å². The summed E-state index contributed by atoms with van der Waals surface area (Å²) < 4.78 is 0. The maximum absolute atomic E-state index is 5.23. The van der Waals surface area contributed by atoms with E-state index < -0.39 is 0 Å². The van der Waals surface area contributed by atoms with Crippen molar-refractivity contribution in [2.24, 2.45) is 0 Å². The largest absolute Gasteiger partial charge is 0.208 e. The van der Waals surface area contributed by atoms with Crippen LogP contribution in [-0.4, -0.2) is 15.0 Å². The minimum atomic E-state index is 0.620. The van der Waals surface area contributed by atoms with Crippen LogP contribution < -0.4 is 0 Å². The zero-order chi connectivity index (χ0) is 36.1. The van der Waals surface area contributed by atoms with Gasteiger partial charge in [-0.15, -0.1) is 0 Å². The molecule has 8 aromatic carbocycles. The Bertz CT molecular complexity index is 2660. The van der Waals surface area contributed by atoms with Gasteiger partial charge in [-0.1, -0.05) is 206 Å². The minimum Gasteiger partial charge on any atom is -0.208 e. The Morgan fingerprint density at radius 1 is 0.185 bits per heavy atom. The number of aromatic nitrogens is 3. The average molecular weight is 690 g/mol. The molecule has 0 fully saturated rings. The molecule has 254 valence electrons. The van der Waals surface area contributed by atoms with E-state index in [1.54, 1.807) is 0 Å². The van der Waals surface area contributed by atoms with Crippen LogP contribution in [0.4, 0.5) is 0 Å². The van der Waals surface area contributed by atoms with Crippen molar-refractivity contribution in [1.82, 2.24) is 15.0 Å². The second-order valence-electron chi connectivity index (χ2n) is 13.2. The van der Waals surface area contributed by atoms with Crippen LogP contribution >= 0.6 is 0 Å². The number of hydrogen-bond donors (Lipinski definition) is 0. The Morgan fingerprint density at radius 3 is 0.963 bits per heavy atom. The molecule has 0 aliphatic carbocycles. The Balaban J connectivity index is 1.19. The fourth-order valence-electron chi connectivity index (χ4n) is 7.01. The highest BCUT2D eigenvalue weighted by atomic mass is 15.0. The van der Waals surface area contributed by atoms with Crippen LogP contribution in [-0.2, 0) is 0 Å². The van der Waals surface area contributed by atoms with Crippen LogP contribution in [0.5, 0.6) is 0 Å². The van der Waals surface area contributed by atoms with Crippen molar-refractivity contribution >= 4 is 0 Å². The molecule has 0 unspecified atom stereocenters. The lowest BCUT2D eigenvalue weighted by Crippen LogP contribution is -2.01. The first-order valence-corrected chi connectivity index (χ1v) is 18.2. The van der Waals surface area contributed by atoms with E-state index in [0.717, 1.165) is 50.1 Å². The first kappa shape index (κ1) is 32.7. The molecule has 0 N–H and O–H groups in total. The summed E-state index contributed by atoms with van der Waals surface area (Å²) >= 11 is 0. The molecule has 0 aliphatic heterocycles. The number of rotatable bonds is 8. The van der Waals surface area contributed by atoms with Crippen LogP contribution in [0.2, 0.25) is 0 Å². The minimum absolute atomic E-state index is 0.620. The molecule has 54 heavy (non-hydrogen) atoms. The highest BCUT2D eigenvalue weighted by Gasteiger charge is 2.18. The Kier molecular flexibility index (Phi) is 8.94. The van der Waals surface area contributed by atoms with Gasteiger partial charge in [-0.2, -0.15) is 0 Å². The van der Waals surface area contributed by atoms with Crippen molar-refractivity contribution in [3.63, 3.8) is 0 Å². The molecule has 0 spiro atoms. The molecule has 1 aromatic heterocycles. The molecule has 3 heteroatoms. The van der Waals surface area contributed by atoms with Crippen molar-refractivity contribution in [2.45, 2.75) is 0 Å². The first-order valence-electron chi connectivity index (χ1n) is 18.2. The SMILES string of the molecule is c1ccc(-c2ccc(-c3nc(-c4ccc(-c5ccccc5-c5ccccc5)cc4)nc(-c4cc(-c5ccccc5)ccc4-c4ccccc4)n3)cc2)cc1. The third-order valence-electron chi connectivity index (χ3n) is 9.80. The molecule has 1 heterocycles. The van der Waals surface area contributed by atoms with Gasteiger partial charge in [0.05, 0.1) is 0 Å². The lowest BCUT2D eigenvalue weighted by Gasteiger charge is -2.14. The Labute approximate surface area is 316 Å². The van der Waals surface area contributed by atoms with E-state index in [9.17, 15) is 0 Å². The summed E-state index contributed by atoms with van der Waals surface area (Å²) in [6.45, 7) is 0. The predicted octanol–water partition coefficient (Wildman–Crippen LogP) is 13.2.